The van der Waals surface area contributed by atoms with E-state index in [0.29, 0.717) is 0 Å². The van der Waals surface area contributed by atoms with Crippen LogP contribution in [-0.2, 0) is 0 Å². The molecule has 0 bridgehead atoms. The summed E-state index contributed by atoms with van der Waals surface area (Å²) >= 11 is 0. The van der Waals surface area contributed by atoms with Gasteiger partial charge in [-0.05, 0) is 50.5 Å². The van der Waals surface area contributed by atoms with Gasteiger partial charge in [0.25, 0.3) is 0 Å². The number of aryl methyl sites for hydroxylation is 1. The van der Waals surface area contributed by atoms with Crippen molar-refractivity contribution >= 4 is 16.6 Å². The Labute approximate surface area is 107 Å². The molecule has 0 unspecified atom stereocenters. The van der Waals surface area contributed by atoms with Crippen molar-refractivity contribution in [2.75, 3.05) is 5.32 Å². The average molecular weight is 242 g/mol. The molecule has 94 valence electrons. The second-order valence-corrected chi connectivity index (χ2v) is 5.07. The molecule has 0 radical (unpaired) electrons. The molecule has 18 heavy (non-hydrogen) atoms. The third kappa shape index (κ3) is 2.06. The first kappa shape index (κ1) is 11.5. The predicted octanol–water partition coefficient (Wildman–Crippen LogP) is 2.87. The molecular weight excluding hydrogens is 224 g/mol. The quantitative estimate of drug-likeness (QED) is 0.851. The second-order valence-electron chi connectivity index (χ2n) is 5.07. The lowest BCUT2D eigenvalue weighted by molar-refractivity contribution is 0.172. The highest BCUT2D eigenvalue weighted by Gasteiger charge is 2.25. The number of nitrogens with zero attached hydrogens (tertiary/aromatic N) is 1. The Hall–Kier alpha value is -1.61. The van der Waals surface area contributed by atoms with Crippen LogP contribution >= 0.6 is 0 Å². The zero-order valence-corrected chi connectivity index (χ0v) is 10.6. The number of rotatable bonds is 2. The van der Waals surface area contributed by atoms with Gasteiger partial charge in [0.1, 0.15) is 0 Å². The Bertz CT molecular complexity index is 567. The van der Waals surface area contributed by atoms with Gasteiger partial charge >= 0.3 is 0 Å². The monoisotopic (exact) mass is 242 g/mol. The Kier molecular flexibility index (Phi) is 2.92. The summed E-state index contributed by atoms with van der Waals surface area (Å²) in [7, 11) is 0. The number of aliphatic hydroxyl groups is 1. The fourth-order valence-electron chi connectivity index (χ4n) is 2.69. The molecule has 1 aromatic heterocycles. The maximum Gasteiger partial charge on any atom is 0.0741 e. The third-order valence-electron chi connectivity index (χ3n) is 3.69. The maximum atomic E-state index is 9.89. The van der Waals surface area contributed by atoms with E-state index in [2.05, 4.69) is 22.4 Å². The molecule has 3 rings (SSSR count). The summed E-state index contributed by atoms with van der Waals surface area (Å²) in [6.45, 7) is 2.00. The van der Waals surface area contributed by atoms with Crippen LogP contribution in [0.4, 0.5) is 5.69 Å². The molecule has 1 aromatic carbocycles. The summed E-state index contributed by atoms with van der Waals surface area (Å²) in [6.07, 6.45) is 2.82. The number of aliphatic hydroxyl groups excluding tert-OH is 1. The number of benzene rings is 1. The summed E-state index contributed by atoms with van der Waals surface area (Å²) in [5.74, 6) is 0. The number of hydrogen-bond acceptors (Lipinski definition) is 3. The van der Waals surface area contributed by atoms with Crippen LogP contribution in [0, 0.1) is 6.92 Å². The third-order valence-corrected chi connectivity index (χ3v) is 3.69. The number of anilines is 1. The van der Waals surface area contributed by atoms with Crippen molar-refractivity contribution in [3.05, 3.63) is 36.0 Å². The van der Waals surface area contributed by atoms with E-state index in [-0.39, 0.29) is 12.1 Å². The number of nitrogens with one attached hydrogen (secondary N) is 1. The van der Waals surface area contributed by atoms with E-state index in [4.69, 9.17) is 0 Å². The first-order valence-corrected chi connectivity index (χ1v) is 6.55. The van der Waals surface area contributed by atoms with Crippen LogP contribution in [0.3, 0.4) is 0 Å². The van der Waals surface area contributed by atoms with Gasteiger partial charge in [0.05, 0.1) is 17.7 Å². The molecule has 1 heterocycles. The zero-order valence-electron chi connectivity index (χ0n) is 10.6. The van der Waals surface area contributed by atoms with Crippen LogP contribution in [0.25, 0.3) is 10.9 Å². The van der Waals surface area contributed by atoms with E-state index < -0.39 is 0 Å². The summed E-state index contributed by atoms with van der Waals surface area (Å²) in [5.41, 5.74) is 3.11. The predicted molar refractivity (Wildman–Crippen MR) is 73.7 cm³/mol. The van der Waals surface area contributed by atoms with Crippen LogP contribution < -0.4 is 5.32 Å². The molecule has 1 aliphatic rings. The van der Waals surface area contributed by atoms with E-state index in [9.17, 15) is 5.11 Å². The van der Waals surface area contributed by atoms with Crippen LogP contribution in [0.2, 0.25) is 0 Å². The summed E-state index contributed by atoms with van der Waals surface area (Å²) < 4.78 is 0. The number of aromatic nitrogens is 1. The molecule has 2 N–H and O–H groups in total. The van der Waals surface area contributed by atoms with Gasteiger partial charge in [0, 0.05) is 16.8 Å². The molecule has 1 aliphatic carbocycles. The molecule has 3 nitrogen and oxygen atoms in total. The van der Waals surface area contributed by atoms with Crippen molar-refractivity contribution in [1.29, 1.82) is 0 Å². The van der Waals surface area contributed by atoms with Crippen molar-refractivity contribution < 1.29 is 5.11 Å². The molecule has 2 aromatic rings. The van der Waals surface area contributed by atoms with Crippen LogP contribution in [0.1, 0.15) is 25.0 Å². The molecule has 0 aliphatic heterocycles. The average Bonchev–Trinajstić information content (AvgIpc) is 2.75. The highest BCUT2D eigenvalue weighted by Crippen LogP contribution is 2.27. The first-order chi connectivity index (χ1) is 8.74. The van der Waals surface area contributed by atoms with E-state index in [1.54, 1.807) is 0 Å². The number of fused-ring (bicyclic) bond motifs is 1. The number of hydrogen-bond donors (Lipinski definition) is 2. The Balaban J connectivity index is 1.96. The van der Waals surface area contributed by atoms with Crippen LogP contribution in [0.5, 0.6) is 0 Å². The first-order valence-electron chi connectivity index (χ1n) is 6.55. The van der Waals surface area contributed by atoms with Gasteiger partial charge in [-0.3, -0.25) is 4.98 Å². The fraction of sp³-hybridized carbons (Fsp3) is 0.400. The molecule has 2 atom stereocenters. The van der Waals surface area contributed by atoms with Crippen LogP contribution in [0.15, 0.2) is 30.3 Å². The van der Waals surface area contributed by atoms with Gasteiger partial charge in [-0.1, -0.05) is 6.07 Å². The van der Waals surface area contributed by atoms with Gasteiger partial charge < -0.3 is 10.4 Å². The van der Waals surface area contributed by atoms with E-state index in [1.807, 2.05) is 25.1 Å². The van der Waals surface area contributed by atoms with E-state index in [1.165, 1.54) is 0 Å². The molecule has 0 saturated heterocycles. The van der Waals surface area contributed by atoms with Gasteiger partial charge in [-0.25, -0.2) is 0 Å². The molecule has 0 spiro atoms. The highest BCUT2D eigenvalue weighted by atomic mass is 16.3. The Morgan fingerprint density at radius 3 is 2.89 bits per heavy atom. The van der Waals surface area contributed by atoms with Crippen molar-refractivity contribution in [1.82, 2.24) is 4.98 Å². The van der Waals surface area contributed by atoms with Gasteiger partial charge in [0.2, 0.25) is 0 Å². The molecule has 0 amide bonds. The lowest BCUT2D eigenvalue weighted by Gasteiger charge is -2.19. The second kappa shape index (κ2) is 4.58. The minimum absolute atomic E-state index is 0.178. The van der Waals surface area contributed by atoms with E-state index in [0.717, 1.165) is 41.5 Å². The highest BCUT2D eigenvalue weighted by molar-refractivity contribution is 5.91. The summed E-state index contributed by atoms with van der Waals surface area (Å²) in [6, 6.07) is 10.4. The van der Waals surface area contributed by atoms with Crippen molar-refractivity contribution in [2.24, 2.45) is 0 Å². The summed E-state index contributed by atoms with van der Waals surface area (Å²) in [5, 5.41) is 14.5. The van der Waals surface area contributed by atoms with Gasteiger partial charge in [0.15, 0.2) is 0 Å². The molecule has 3 heteroatoms. The van der Waals surface area contributed by atoms with E-state index >= 15 is 0 Å². The van der Waals surface area contributed by atoms with Crippen molar-refractivity contribution in [3.63, 3.8) is 0 Å². The van der Waals surface area contributed by atoms with Gasteiger partial charge in [-0.2, -0.15) is 0 Å². The molecular formula is C15H18N2O. The minimum atomic E-state index is -0.223. The fourth-order valence-corrected chi connectivity index (χ4v) is 2.69. The molecule has 1 saturated carbocycles. The van der Waals surface area contributed by atoms with Crippen molar-refractivity contribution in [3.8, 4) is 0 Å². The Morgan fingerprint density at radius 1 is 1.22 bits per heavy atom. The standard InChI is InChI=1S/C15H18N2O/c1-10-8-9-11-12(16-10)4-2-5-13(11)17-14-6-3-7-15(14)18/h2,4-5,8-9,14-15,17-18H,3,6-7H2,1H3/t14-,15-/m0/s1. The Morgan fingerprint density at radius 2 is 2.11 bits per heavy atom. The smallest absolute Gasteiger partial charge is 0.0741 e. The lowest BCUT2D eigenvalue weighted by atomic mass is 10.1. The normalized spacial score (nSPS) is 23.4. The summed E-state index contributed by atoms with van der Waals surface area (Å²) in [4.78, 5) is 4.53. The van der Waals surface area contributed by atoms with Crippen LogP contribution in [-0.4, -0.2) is 22.2 Å². The van der Waals surface area contributed by atoms with Gasteiger partial charge in [-0.15, -0.1) is 0 Å². The lowest BCUT2D eigenvalue weighted by Crippen LogP contribution is -2.27. The zero-order chi connectivity index (χ0) is 12.5. The number of pyridine rings is 1. The largest absolute Gasteiger partial charge is 0.391 e. The topological polar surface area (TPSA) is 45.1 Å². The maximum absolute atomic E-state index is 9.89. The molecule has 1 fully saturated rings. The minimum Gasteiger partial charge on any atom is -0.391 e. The van der Waals surface area contributed by atoms with Crippen molar-refractivity contribution in [2.45, 2.75) is 38.3 Å². The SMILES string of the molecule is Cc1ccc2c(N[C@H]3CCC[C@@H]3O)cccc2n1.